The van der Waals surface area contributed by atoms with Crippen LogP contribution in [0, 0.1) is 12.8 Å². The van der Waals surface area contributed by atoms with Gasteiger partial charge in [-0.1, -0.05) is 20.8 Å². The minimum Gasteiger partial charge on any atom is -0.343 e. The summed E-state index contributed by atoms with van der Waals surface area (Å²) in [5, 5.41) is 2.83. The number of nitrogens with zero attached hydrogens (tertiary/aromatic N) is 3. The summed E-state index contributed by atoms with van der Waals surface area (Å²) in [7, 11) is 0. The average molecular weight is 292 g/mol. The first-order valence-corrected chi connectivity index (χ1v) is 7.54. The number of rotatable bonds is 5. The number of aryl methyl sites for hydroxylation is 1. The second-order valence-electron chi connectivity index (χ2n) is 5.86. The molecule has 21 heavy (non-hydrogen) atoms. The Bertz CT molecular complexity index is 523. The summed E-state index contributed by atoms with van der Waals surface area (Å²) >= 11 is 0. The molecule has 1 N–H and O–H groups in total. The van der Waals surface area contributed by atoms with Crippen molar-refractivity contribution in [3.63, 3.8) is 0 Å². The highest BCUT2D eigenvalue weighted by molar-refractivity contribution is 5.97. The van der Waals surface area contributed by atoms with Gasteiger partial charge in [-0.15, -0.1) is 0 Å². The number of carbonyl (C=O) groups excluding carboxylic acids is 2. The summed E-state index contributed by atoms with van der Waals surface area (Å²) in [4.78, 5) is 30.7. The fourth-order valence-corrected chi connectivity index (χ4v) is 2.84. The van der Waals surface area contributed by atoms with Crippen molar-refractivity contribution in [3.05, 3.63) is 18.2 Å². The first-order valence-electron chi connectivity index (χ1n) is 7.54. The standard InChI is InChI=1S/C15H24N4O2/c1-5-12-15(21)19(13(10(2)3)14(20)17-12)9-8-18-7-6-16-11(18)4/h6-7,10,12-13H,5,8-9H2,1-4H3,(H,17,20). The molecule has 2 unspecified atom stereocenters. The van der Waals surface area contributed by atoms with Crippen LogP contribution in [0.15, 0.2) is 12.4 Å². The second kappa shape index (κ2) is 6.28. The molecule has 2 amide bonds. The van der Waals surface area contributed by atoms with Crippen LogP contribution in [-0.2, 0) is 16.1 Å². The highest BCUT2D eigenvalue weighted by Crippen LogP contribution is 2.18. The van der Waals surface area contributed by atoms with E-state index in [0.29, 0.717) is 19.5 Å². The van der Waals surface area contributed by atoms with Crippen molar-refractivity contribution in [1.29, 1.82) is 0 Å². The molecular formula is C15H24N4O2. The van der Waals surface area contributed by atoms with Gasteiger partial charge in [0.15, 0.2) is 0 Å². The van der Waals surface area contributed by atoms with E-state index in [0.717, 1.165) is 5.82 Å². The van der Waals surface area contributed by atoms with Crippen LogP contribution in [0.3, 0.4) is 0 Å². The van der Waals surface area contributed by atoms with Gasteiger partial charge in [-0.2, -0.15) is 0 Å². The van der Waals surface area contributed by atoms with E-state index >= 15 is 0 Å². The fraction of sp³-hybridized carbons (Fsp3) is 0.667. The zero-order valence-corrected chi connectivity index (χ0v) is 13.2. The number of imidazole rings is 1. The van der Waals surface area contributed by atoms with Crippen molar-refractivity contribution in [3.8, 4) is 0 Å². The lowest BCUT2D eigenvalue weighted by molar-refractivity contribution is -0.151. The summed E-state index contributed by atoms with van der Waals surface area (Å²) in [6, 6.07) is -0.777. The molecule has 1 aliphatic heterocycles. The zero-order valence-electron chi connectivity index (χ0n) is 13.2. The van der Waals surface area contributed by atoms with Gasteiger partial charge in [-0.05, 0) is 19.3 Å². The molecule has 1 fully saturated rings. The lowest BCUT2D eigenvalue weighted by Gasteiger charge is -2.40. The monoisotopic (exact) mass is 292 g/mol. The lowest BCUT2D eigenvalue weighted by atomic mass is 9.96. The Morgan fingerprint density at radius 3 is 2.57 bits per heavy atom. The Morgan fingerprint density at radius 1 is 1.33 bits per heavy atom. The molecular weight excluding hydrogens is 268 g/mol. The van der Waals surface area contributed by atoms with Crippen molar-refractivity contribution in [2.75, 3.05) is 6.54 Å². The molecule has 6 nitrogen and oxygen atoms in total. The van der Waals surface area contributed by atoms with Crippen LogP contribution >= 0.6 is 0 Å². The third-order valence-corrected chi connectivity index (χ3v) is 4.05. The molecule has 1 saturated heterocycles. The van der Waals surface area contributed by atoms with Crippen molar-refractivity contribution in [2.24, 2.45) is 5.92 Å². The van der Waals surface area contributed by atoms with E-state index in [1.54, 1.807) is 11.1 Å². The summed E-state index contributed by atoms with van der Waals surface area (Å²) in [5.41, 5.74) is 0. The minimum absolute atomic E-state index is 0.0218. The van der Waals surface area contributed by atoms with Gasteiger partial charge in [0.25, 0.3) is 0 Å². The first-order chi connectivity index (χ1) is 9.95. The van der Waals surface area contributed by atoms with Crippen LogP contribution in [0.25, 0.3) is 0 Å². The van der Waals surface area contributed by atoms with E-state index in [-0.39, 0.29) is 23.8 Å². The smallest absolute Gasteiger partial charge is 0.245 e. The predicted molar refractivity (Wildman–Crippen MR) is 79.5 cm³/mol. The number of nitrogens with one attached hydrogen (secondary N) is 1. The SMILES string of the molecule is CCC1NC(=O)C(C(C)C)N(CCn2ccnc2C)C1=O. The van der Waals surface area contributed by atoms with Crippen LogP contribution in [0.2, 0.25) is 0 Å². The fourth-order valence-electron chi connectivity index (χ4n) is 2.84. The van der Waals surface area contributed by atoms with E-state index in [9.17, 15) is 9.59 Å². The molecule has 0 saturated carbocycles. The highest BCUT2D eigenvalue weighted by atomic mass is 16.2. The molecule has 116 valence electrons. The third-order valence-electron chi connectivity index (χ3n) is 4.05. The largest absolute Gasteiger partial charge is 0.343 e. The molecule has 2 rings (SSSR count). The van der Waals surface area contributed by atoms with Gasteiger partial charge < -0.3 is 14.8 Å². The van der Waals surface area contributed by atoms with Gasteiger partial charge in [0.05, 0.1) is 0 Å². The van der Waals surface area contributed by atoms with Crippen LogP contribution in [0.5, 0.6) is 0 Å². The van der Waals surface area contributed by atoms with E-state index in [1.165, 1.54) is 0 Å². The van der Waals surface area contributed by atoms with Crippen molar-refractivity contribution in [1.82, 2.24) is 19.8 Å². The number of hydrogen-bond acceptors (Lipinski definition) is 3. The second-order valence-corrected chi connectivity index (χ2v) is 5.86. The molecule has 1 aromatic heterocycles. The summed E-state index contributed by atoms with van der Waals surface area (Å²) in [6.45, 7) is 8.97. The number of carbonyl (C=O) groups is 2. The summed E-state index contributed by atoms with van der Waals surface area (Å²) in [5.74, 6) is 0.986. The topological polar surface area (TPSA) is 67.2 Å². The van der Waals surface area contributed by atoms with Gasteiger partial charge >= 0.3 is 0 Å². The van der Waals surface area contributed by atoms with Gasteiger partial charge in [0.2, 0.25) is 11.8 Å². The molecule has 0 spiro atoms. The maximum atomic E-state index is 12.5. The molecule has 6 heteroatoms. The predicted octanol–water partition coefficient (Wildman–Crippen LogP) is 0.953. The average Bonchev–Trinajstić information content (AvgIpc) is 2.84. The van der Waals surface area contributed by atoms with Crippen molar-refractivity contribution >= 4 is 11.8 Å². The zero-order chi connectivity index (χ0) is 15.6. The lowest BCUT2D eigenvalue weighted by Crippen LogP contribution is -2.65. The molecule has 0 radical (unpaired) electrons. The minimum atomic E-state index is -0.392. The van der Waals surface area contributed by atoms with Crippen LogP contribution < -0.4 is 5.32 Å². The van der Waals surface area contributed by atoms with Crippen LogP contribution in [0.4, 0.5) is 0 Å². The first kappa shape index (κ1) is 15.5. The normalized spacial score (nSPS) is 22.8. The Balaban J connectivity index is 2.16. The maximum absolute atomic E-state index is 12.5. The Morgan fingerprint density at radius 2 is 2.05 bits per heavy atom. The number of amides is 2. The van der Waals surface area contributed by atoms with E-state index in [4.69, 9.17) is 0 Å². The van der Waals surface area contributed by atoms with E-state index < -0.39 is 6.04 Å². The van der Waals surface area contributed by atoms with Gasteiger partial charge in [-0.25, -0.2) is 4.98 Å². The molecule has 2 heterocycles. The Kier molecular flexibility index (Phi) is 4.65. The van der Waals surface area contributed by atoms with Gasteiger partial charge in [-0.3, -0.25) is 9.59 Å². The third kappa shape index (κ3) is 3.09. The number of hydrogen-bond donors (Lipinski definition) is 1. The molecule has 1 aliphatic rings. The number of aromatic nitrogens is 2. The van der Waals surface area contributed by atoms with Crippen molar-refractivity contribution < 1.29 is 9.59 Å². The van der Waals surface area contributed by atoms with Crippen molar-refractivity contribution in [2.45, 2.75) is 52.7 Å². The van der Waals surface area contributed by atoms with Crippen LogP contribution in [0.1, 0.15) is 33.0 Å². The summed E-state index contributed by atoms with van der Waals surface area (Å²) < 4.78 is 2.00. The molecule has 2 atom stereocenters. The molecule has 1 aromatic rings. The highest BCUT2D eigenvalue weighted by Gasteiger charge is 2.40. The Hall–Kier alpha value is -1.85. The quantitative estimate of drug-likeness (QED) is 0.878. The van der Waals surface area contributed by atoms with Gasteiger partial charge in [0, 0.05) is 25.5 Å². The molecule has 0 aromatic carbocycles. The maximum Gasteiger partial charge on any atom is 0.245 e. The Labute approximate surface area is 125 Å². The van der Waals surface area contributed by atoms with Crippen LogP contribution in [-0.4, -0.2) is 44.9 Å². The molecule has 0 aliphatic carbocycles. The molecule has 0 bridgehead atoms. The van der Waals surface area contributed by atoms with E-state index in [2.05, 4.69) is 10.3 Å². The number of piperazine rings is 1. The van der Waals surface area contributed by atoms with Gasteiger partial charge in [0.1, 0.15) is 17.9 Å². The van der Waals surface area contributed by atoms with E-state index in [1.807, 2.05) is 38.5 Å². The summed E-state index contributed by atoms with van der Waals surface area (Å²) in [6.07, 6.45) is 4.26.